The fraction of sp³-hybridized carbons (Fsp3) is 0.280. The van der Waals surface area contributed by atoms with Crippen molar-refractivity contribution in [3.8, 4) is 17.0 Å². The van der Waals surface area contributed by atoms with E-state index in [0.717, 1.165) is 39.4 Å². The largest absolute Gasteiger partial charge is 0.497 e. The SMILES string of the molecule is COc1ccc(C2(C)NC(=O)N(N=Cc3sc(N4CCOCC4)nc3-c3ccccc3)C2=O)cc1. The van der Waals surface area contributed by atoms with Crippen LogP contribution in [0, 0.1) is 0 Å². The topological polar surface area (TPSA) is 96.4 Å². The highest BCUT2D eigenvalue weighted by Gasteiger charge is 2.49. The number of carbonyl (C=O) groups excluding carboxylic acids is 2. The first-order valence-electron chi connectivity index (χ1n) is 11.2. The van der Waals surface area contributed by atoms with Gasteiger partial charge < -0.3 is 19.7 Å². The number of anilines is 1. The van der Waals surface area contributed by atoms with Gasteiger partial charge in [0, 0.05) is 18.7 Å². The van der Waals surface area contributed by atoms with Crippen LogP contribution in [-0.4, -0.2) is 61.6 Å². The van der Waals surface area contributed by atoms with Crippen LogP contribution in [0.2, 0.25) is 0 Å². The van der Waals surface area contributed by atoms with Crippen molar-refractivity contribution in [2.75, 3.05) is 38.3 Å². The number of carbonyl (C=O) groups is 2. The van der Waals surface area contributed by atoms with Gasteiger partial charge >= 0.3 is 6.03 Å². The number of methoxy groups -OCH3 is 1. The van der Waals surface area contributed by atoms with Crippen molar-refractivity contribution in [1.29, 1.82) is 0 Å². The summed E-state index contributed by atoms with van der Waals surface area (Å²) in [5, 5.41) is 8.81. The van der Waals surface area contributed by atoms with E-state index in [0.29, 0.717) is 24.5 Å². The van der Waals surface area contributed by atoms with Gasteiger partial charge in [0.25, 0.3) is 5.91 Å². The van der Waals surface area contributed by atoms with E-state index in [1.54, 1.807) is 44.5 Å². The first kappa shape index (κ1) is 23.0. The molecule has 1 atom stereocenters. The molecule has 0 aliphatic carbocycles. The highest BCUT2D eigenvalue weighted by molar-refractivity contribution is 7.17. The lowest BCUT2D eigenvalue weighted by atomic mass is 9.92. The van der Waals surface area contributed by atoms with Gasteiger partial charge in [0.05, 0.1) is 37.1 Å². The molecule has 0 saturated carbocycles. The number of urea groups is 1. The van der Waals surface area contributed by atoms with E-state index < -0.39 is 17.5 Å². The van der Waals surface area contributed by atoms with Crippen LogP contribution in [0.1, 0.15) is 17.4 Å². The molecule has 2 fully saturated rings. The van der Waals surface area contributed by atoms with Gasteiger partial charge in [0.15, 0.2) is 5.13 Å². The first-order valence-corrected chi connectivity index (χ1v) is 12.1. The molecule has 35 heavy (non-hydrogen) atoms. The van der Waals surface area contributed by atoms with Crippen LogP contribution in [0.4, 0.5) is 9.93 Å². The molecule has 1 N–H and O–H groups in total. The number of rotatable bonds is 6. The second-order valence-corrected chi connectivity index (χ2v) is 9.33. The zero-order chi connectivity index (χ0) is 24.4. The normalized spacial score (nSPS) is 20.5. The highest BCUT2D eigenvalue weighted by atomic mass is 32.1. The monoisotopic (exact) mass is 491 g/mol. The van der Waals surface area contributed by atoms with Crippen LogP contribution in [0.25, 0.3) is 11.3 Å². The summed E-state index contributed by atoms with van der Waals surface area (Å²) >= 11 is 1.47. The van der Waals surface area contributed by atoms with Crippen LogP contribution in [0.15, 0.2) is 59.7 Å². The molecular weight excluding hydrogens is 466 g/mol. The predicted octanol–water partition coefficient (Wildman–Crippen LogP) is 3.46. The molecule has 3 amide bonds. The average molecular weight is 492 g/mol. The average Bonchev–Trinajstić information content (AvgIpc) is 3.42. The maximum atomic E-state index is 13.3. The van der Waals surface area contributed by atoms with Gasteiger partial charge in [-0.1, -0.05) is 53.8 Å². The minimum Gasteiger partial charge on any atom is -0.497 e. The predicted molar refractivity (Wildman–Crippen MR) is 134 cm³/mol. The molecule has 9 nitrogen and oxygen atoms in total. The molecule has 10 heteroatoms. The fourth-order valence-electron chi connectivity index (χ4n) is 4.06. The third-order valence-corrected chi connectivity index (χ3v) is 7.15. The summed E-state index contributed by atoms with van der Waals surface area (Å²) in [6.45, 7) is 4.48. The van der Waals surface area contributed by atoms with Crippen molar-refractivity contribution < 1.29 is 19.1 Å². The highest BCUT2D eigenvalue weighted by Crippen LogP contribution is 2.34. The molecule has 2 aromatic carbocycles. The molecule has 1 aromatic heterocycles. The molecule has 0 bridgehead atoms. The number of hydrazone groups is 1. The number of benzene rings is 2. The Labute approximate surface area is 207 Å². The van der Waals surface area contributed by atoms with Crippen molar-refractivity contribution in [3.05, 3.63) is 65.0 Å². The molecule has 3 heterocycles. The van der Waals surface area contributed by atoms with Crippen molar-refractivity contribution in [3.63, 3.8) is 0 Å². The quantitative estimate of drug-likeness (QED) is 0.419. The van der Waals surface area contributed by atoms with Crippen LogP contribution in [0.5, 0.6) is 5.75 Å². The smallest absolute Gasteiger partial charge is 0.346 e. The van der Waals surface area contributed by atoms with Crippen molar-refractivity contribution in [2.24, 2.45) is 5.10 Å². The molecule has 0 radical (unpaired) electrons. The number of aromatic nitrogens is 1. The molecule has 2 saturated heterocycles. The van der Waals surface area contributed by atoms with Gasteiger partial charge in [-0.3, -0.25) is 4.79 Å². The minimum absolute atomic E-state index is 0.455. The third-order valence-electron chi connectivity index (χ3n) is 6.10. The summed E-state index contributed by atoms with van der Waals surface area (Å²) in [7, 11) is 1.57. The Kier molecular flexibility index (Phi) is 6.23. The summed E-state index contributed by atoms with van der Waals surface area (Å²) in [4.78, 5) is 33.8. The number of ether oxygens (including phenoxy) is 2. The number of nitrogens with zero attached hydrogens (tertiary/aromatic N) is 4. The van der Waals surface area contributed by atoms with E-state index in [1.165, 1.54) is 11.3 Å². The molecule has 0 spiro atoms. The zero-order valence-corrected chi connectivity index (χ0v) is 20.2. The molecular formula is C25H25N5O4S. The lowest BCUT2D eigenvalue weighted by Gasteiger charge is -2.26. The second kappa shape index (κ2) is 9.47. The zero-order valence-electron chi connectivity index (χ0n) is 19.4. The summed E-state index contributed by atoms with van der Waals surface area (Å²) in [6.07, 6.45) is 1.54. The Morgan fingerprint density at radius 1 is 1.11 bits per heavy atom. The summed E-state index contributed by atoms with van der Waals surface area (Å²) in [5.74, 6) is 0.210. The molecule has 3 aromatic rings. The van der Waals surface area contributed by atoms with Crippen molar-refractivity contribution in [2.45, 2.75) is 12.5 Å². The molecule has 2 aliphatic rings. The summed E-state index contributed by atoms with van der Waals surface area (Å²) in [5.41, 5.74) is 1.11. The van der Waals surface area contributed by atoms with Gasteiger partial charge in [-0.15, -0.1) is 5.01 Å². The number of hydrogen-bond acceptors (Lipinski definition) is 8. The summed E-state index contributed by atoms with van der Waals surface area (Å²) < 4.78 is 10.7. The van der Waals surface area contributed by atoms with E-state index in [2.05, 4.69) is 15.3 Å². The molecule has 180 valence electrons. The van der Waals surface area contributed by atoms with Crippen LogP contribution in [-0.2, 0) is 15.1 Å². The summed E-state index contributed by atoms with van der Waals surface area (Å²) in [6, 6.07) is 16.2. The molecule has 2 aliphatic heterocycles. The van der Waals surface area contributed by atoms with Crippen LogP contribution in [0.3, 0.4) is 0 Å². The number of morpholine rings is 1. The van der Waals surface area contributed by atoms with Gasteiger partial charge in [0.2, 0.25) is 0 Å². The first-order chi connectivity index (χ1) is 17.0. The van der Waals surface area contributed by atoms with Crippen molar-refractivity contribution in [1.82, 2.24) is 15.3 Å². The van der Waals surface area contributed by atoms with Crippen molar-refractivity contribution >= 4 is 34.6 Å². The van der Waals surface area contributed by atoms with Crippen LogP contribution < -0.4 is 15.0 Å². The van der Waals surface area contributed by atoms with E-state index in [9.17, 15) is 9.59 Å². The lowest BCUT2D eigenvalue weighted by molar-refractivity contribution is -0.131. The molecule has 1 unspecified atom stereocenters. The van der Waals surface area contributed by atoms with Gasteiger partial charge in [0.1, 0.15) is 11.3 Å². The number of amides is 3. The number of thiazole rings is 1. The Balaban J connectivity index is 1.45. The van der Waals surface area contributed by atoms with E-state index in [-0.39, 0.29) is 0 Å². The minimum atomic E-state index is -1.23. The third kappa shape index (κ3) is 4.38. The lowest BCUT2D eigenvalue weighted by Crippen LogP contribution is -2.40. The maximum Gasteiger partial charge on any atom is 0.346 e. The second-order valence-electron chi connectivity index (χ2n) is 8.32. The number of imide groups is 1. The van der Waals surface area contributed by atoms with Crippen LogP contribution >= 0.6 is 11.3 Å². The van der Waals surface area contributed by atoms with E-state index in [1.807, 2.05) is 30.3 Å². The number of nitrogens with one attached hydrogen (secondary N) is 1. The molecule has 5 rings (SSSR count). The standard InChI is InChI=1S/C25H25N5O4S/c1-25(18-8-10-19(33-2)11-9-18)22(31)30(23(32)28-25)26-16-20-21(17-6-4-3-5-7-17)27-24(35-20)29-12-14-34-15-13-29/h3-11,16H,12-15H2,1-2H3,(H,28,32). The van der Waals surface area contributed by atoms with Gasteiger partial charge in [-0.05, 0) is 24.6 Å². The Bertz CT molecular complexity index is 1250. The Morgan fingerprint density at radius 2 is 1.83 bits per heavy atom. The fourth-order valence-corrected chi connectivity index (χ4v) is 5.07. The number of hydrogen-bond donors (Lipinski definition) is 1. The van der Waals surface area contributed by atoms with Gasteiger partial charge in [-0.25, -0.2) is 9.78 Å². The van der Waals surface area contributed by atoms with E-state index >= 15 is 0 Å². The Hall–Kier alpha value is -3.76. The van der Waals surface area contributed by atoms with E-state index in [4.69, 9.17) is 14.5 Å². The van der Waals surface area contributed by atoms with Gasteiger partial charge in [-0.2, -0.15) is 5.10 Å². The Morgan fingerprint density at radius 3 is 2.51 bits per heavy atom. The maximum absolute atomic E-state index is 13.3.